The fourth-order valence-electron chi connectivity index (χ4n) is 1.41. The lowest BCUT2D eigenvalue weighted by molar-refractivity contribution is 0.576. The summed E-state index contributed by atoms with van der Waals surface area (Å²) in [7, 11) is 0. The Bertz CT molecular complexity index is 552. The maximum absolute atomic E-state index is 13.4. The first-order valence-electron chi connectivity index (χ1n) is 5.07. The Morgan fingerprint density at radius 3 is 2.39 bits per heavy atom. The van der Waals surface area contributed by atoms with E-state index in [9.17, 15) is 13.2 Å². The maximum Gasteiger partial charge on any atom is 0.130 e. The molecule has 2 aromatic carbocycles. The molecule has 0 spiro atoms. The highest BCUT2D eigenvalue weighted by Crippen LogP contribution is 2.27. The van der Waals surface area contributed by atoms with Crippen LogP contribution in [0.3, 0.4) is 0 Å². The number of hydrogen-bond donors (Lipinski definition) is 0. The van der Waals surface area contributed by atoms with Crippen molar-refractivity contribution in [1.29, 1.82) is 0 Å². The molecule has 0 atom stereocenters. The largest absolute Gasteiger partial charge is 0.207 e. The first-order chi connectivity index (χ1) is 8.54. The van der Waals surface area contributed by atoms with Crippen LogP contribution in [0.25, 0.3) is 0 Å². The van der Waals surface area contributed by atoms with Gasteiger partial charge in [0.1, 0.15) is 17.5 Å². The predicted molar refractivity (Wildman–Crippen MR) is 67.3 cm³/mol. The average Bonchev–Trinajstić information content (AvgIpc) is 2.26. The molecule has 0 bridgehead atoms. The van der Waals surface area contributed by atoms with Gasteiger partial charge in [0, 0.05) is 21.7 Å². The van der Waals surface area contributed by atoms with Gasteiger partial charge in [0.15, 0.2) is 0 Å². The topological polar surface area (TPSA) is 0 Å². The molecular formula is C13H8ClF3S. The van der Waals surface area contributed by atoms with E-state index in [0.29, 0.717) is 10.5 Å². The van der Waals surface area contributed by atoms with Gasteiger partial charge in [0.05, 0.1) is 0 Å². The molecule has 5 heteroatoms. The van der Waals surface area contributed by atoms with Crippen molar-refractivity contribution < 1.29 is 13.2 Å². The summed E-state index contributed by atoms with van der Waals surface area (Å²) < 4.78 is 39.1. The van der Waals surface area contributed by atoms with Crippen molar-refractivity contribution in [2.75, 3.05) is 0 Å². The van der Waals surface area contributed by atoms with Crippen LogP contribution in [0.15, 0.2) is 41.3 Å². The van der Waals surface area contributed by atoms with Crippen molar-refractivity contribution in [3.63, 3.8) is 0 Å². The molecule has 94 valence electrons. The summed E-state index contributed by atoms with van der Waals surface area (Å²) in [5.74, 6) is -1.38. The first-order valence-corrected chi connectivity index (χ1v) is 6.44. The Hall–Kier alpha value is -1.13. The van der Waals surface area contributed by atoms with E-state index in [1.54, 1.807) is 6.07 Å². The third-order valence-electron chi connectivity index (χ3n) is 2.25. The van der Waals surface area contributed by atoms with Crippen LogP contribution < -0.4 is 0 Å². The quantitative estimate of drug-likeness (QED) is 0.712. The number of hydrogen-bond acceptors (Lipinski definition) is 1. The van der Waals surface area contributed by atoms with Crippen molar-refractivity contribution in [3.8, 4) is 0 Å². The first kappa shape index (κ1) is 13.3. The van der Waals surface area contributed by atoms with Crippen LogP contribution in [-0.4, -0.2) is 0 Å². The molecule has 0 saturated carbocycles. The smallest absolute Gasteiger partial charge is 0.130 e. The van der Waals surface area contributed by atoms with Crippen LogP contribution in [0.5, 0.6) is 0 Å². The van der Waals surface area contributed by atoms with E-state index in [4.69, 9.17) is 11.6 Å². The Balaban J connectivity index is 2.11. The number of thioether (sulfide) groups is 1. The molecule has 0 nitrogen and oxygen atoms in total. The molecule has 0 fully saturated rings. The number of benzene rings is 2. The van der Waals surface area contributed by atoms with Crippen molar-refractivity contribution in [2.24, 2.45) is 0 Å². The standard InChI is InChI=1S/C13H8ClF3S/c14-9-3-11(16)5-12(4-9)18-7-8-1-2-10(15)6-13(8)17/h1-6H,7H2. The second kappa shape index (κ2) is 5.67. The van der Waals surface area contributed by atoms with Crippen molar-refractivity contribution in [3.05, 3.63) is 64.4 Å². The number of rotatable bonds is 3. The zero-order valence-corrected chi connectivity index (χ0v) is 10.7. The molecule has 2 rings (SSSR count). The van der Waals surface area contributed by atoms with Gasteiger partial charge in [-0.3, -0.25) is 0 Å². The lowest BCUT2D eigenvalue weighted by Crippen LogP contribution is -1.89. The molecule has 0 radical (unpaired) electrons. The minimum absolute atomic E-state index is 0.284. The van der Waals surface area contributed by atoms with Crippen molar-refractivity contribution in [1.82, 2.24) is 0 Å². The molecule has 2 aromatic rings. The summed E-state index contributed by atoms with van der Waals surface area (Å²) in [5, 5.41) is 0.289. The second-order valence-corrected chi connectivity index (χ2v) is 5.11. The lowest BCUT2D eigenvalue weighted by Gasteiger charge is -2.04. The van der Waals surface area contributed by atoms with Gasteiger partial charge >= 0.3 is 0 Å². The van der Waals surface area contributed by atoms with Crippen LogP contribution in [0.4, 0.5) is 13.2 Å². The van der Waals surface area contributed by atoms with Crippen LogP contribution in [0.2, 0.25) is 5.02 Å². The van der Waals surface area contributed by atoms with Gasteiger partial charge in [-0.25, -0.2) is 13.2 Å². The molecule has 0 N–H and O–H groups in total. The fourth-order valence-corrected chi connectivity index (χ4v) is 2.66. The van der Waals surface area contributed by atoms with Crippen LogP contribution in [0, 0.1) is 17.5 Å². The predicted octanol–water partition coefficient (Wildman–Crippen LogP) is 5.05. The molecule has 0 amide bonds. The maximum atomic E-state index is 13.4. The number of halogens is 4. The molecule has 18 heavy (non-hydrogen) atoms. The highest BCUT2D eigenvalue weighted by Gasteiger charge is 2.06. The fraction of sp³-hybridized carbons (Fsp3) is 0.0769. The molecule has 0 aromatic heterocycles. The summed E-state index contributed by atoms with van der Waals surface area (Å²) in [5.41, 5.74) is 0.363. The highest BCUT2D eigenvalue weighted by atomic mass is 35.5. The van der Waals surface area contributed by atoms with Crippen LogP contribution >= 0.6 is 23.4 Å². The van der Waals surface area contributed by atoms with Crippen molar-refractivity contribution in [2.45, 2.75) is 10.6 Å². The van der Waals surface area contributed by atoms with E-state index in [0.717, 1.165) is 6.07 Å². The monoisotopic (exact) mass is 288 g/mol. The molecule has 0 heterocycles. The molecule has 0 saturated heterocycles. The summed E-state index contributed by atoms with van der Waals surface area (Å²) in [4.78, 5) is 0.601. The summed E-state index contributed by atoms with van der Waals surface area (Å²) >= 11 is 6.94. The summed E-state index contributed by atoms with van der Waals surface area (Å²) in [6.07, 6.45) is 0. The van der Waals surface area contributed by atoms with E-state index in [1.165, 1.54) is 36.0 Å². The zero-order valence-electron chi connectivity index (χ0n) is 9.09. The third-order valence-corrected chi connectivity index (χ3v) is 3.49. The minimum atomic E-state index is -0.616. The van der Waals surface area contributed by atoms with Crippen molar-refractivity contribution >= 4 is 23.4 Å². The van der Waals surface area contributed by atoms with Gasteiger partial charge in [0.25, 0.3) is 0 Å². The van der Waals surface area contributed by atoms with E-state index in [-0.39, 0.29) is 10.8 Å². The molecular weight excluding hydrogens is 281 g/mol. The minimum Gasteiger partial charge on any atom is -0.207 e. The van der Waals surface area contributed by atoms with Crippen LogP contribution in [-0.2, 0) is 5.75 Å². The molecule has 0 aliphatic rings. The molecule has 0 unspecified atom stereocenters. The Morgan fingerprint density at radius 1 is 0.944 bits per heavy atom. The van der Waals surface area contributed by atoms with Gasteiger partial charge in [-0.1, -0.05) is 17.7 Å². The van der Waals surface area contributed by atoms with Crippen LogP contribution in [0.1, 0.15) is 5.56 Å². The normalized spacial score (nSPS) is 10.7. The van der Waals surface area contributed by atoms with Gasteiger partial charge < -0.3 is 0 Å². The summed E-state index contributed by atoms with van der Waals surface area (Å²) in [6, 6.07) is 7.50. The third kappa shape index (κ3) is 3.43. The van der Waals surface area contributed by atoms with Gasteiger partial charge in [-0.15, -0.1) is 11.8 Å². The van der Waals surface area contributed by atoms with Gasteiger partial charge in [-0.2, -0.15) is 0 Å². The summed E-state index contributed by atoms with van der Waals surface area (Å²) in [6.45, 7) is 0. The van der Waals surface area contributed by atoms with E-state index >= 15 is 0 Å². The van der Waals surface area contributed by atoms with Gasteiger partial charge in [0.2, 0.25) is 0 Å². The van der Waals surface area contributed by atoms with E-state index < -0.39 is 17.5 Å². The average molecular weight is 289 g/mol. The molecule has 0 aliphatic heterocycles. The Labute approximate surface area is 112 Å². The zero-order chi connectivity index (χ0) is 13.1. The second-order valence-electron chi connectivity index (χ2n) is 3.63. The molecule has 0 aliphatic carbocycles. The lowest BCUT2D eigenvalue weighted by atomic mass is 10.2. The SMILES string of the molecule is Fc1cc(Cl)cc(SCc2ccc(F)cc2F)c1. The van der Waals surface area contributed by atoms with E-state index in [2.05, 4.69) is 0 Å². The van der Waals surface area contributed by atoms with Gasteiger partial charge in [-0.05, 0) is 29.8 Å². The van der Waals surface area contributed by atoms with E-state index in [1.807, 2.05) is 0 Å². The highest BCUT2D eigenvalue weighted by molar-refractivity contribution is 7.98. The Kier molecular flexibility index (Phi) is 4.19. The Morgan fingerprint density at radius 2 is 1.72 bits per heavy atom.